The minimum absolute atomic E-state index is 0. The smallest absolute Gasteiger partial charge is 0.0696 e. The van der Waals surface area contributed by atoms with Gasteiger partial charge in [-0.1, -0.05) is 40.0 Å². The number of unbranched alkanes of at least 4 members (excludes halogenated alkanes) is 3. The summed E-state index contributed by atoms with van der Waals surface area (Å²) in [6, 6.07) is 0. The molecular weight excluding hydrogens is 318 g/mol. The van der Waals surface area contributed by atoms with Crippen molar-refractivity contribution in [1.29, 1.82) is 0 Å². The summed E-state index contributed by atoms with van der Waals surface area (Å²) in [5.74, 6) is 0. The SMILES string of the molecule is C1CCOC1.CCCCN(CCCC)CCCC.COCCOC.O. The van der Waals surface area contributed by atoms with E-state index in [2.05, 4.69) is 35.1 Å². The largest absolute Gasteiger partial charge is 0.412 e. The van der Waals surface area contributed by atoms with Crippen molar-refractivity contribution in [1.82, 2.24) is 4.90 Å². The highest BCUT2D eigenvalue weighted by Gasteiger charge is 2.01. The van der Waals surface area contributed by atoms with Gasteiger partial charge in [0.2, 0.25) is 0 Å². The van der Waals surface area contributed by atoms with Gasteiger partial charge in [0.15, 0.2) is 0 Å². The van der Waals surface area contributed by atoms with Crippen molar-refractivity contribution in [3.8, 4) is 0 Å². The molecule has 0 aliphatic carbocycles. The predicted octanol–water partition coefficient (Wildman–Crippen LogP) is 3.94. The molecule has 1 saturated heterocycles. The van der Waals surface area contributed by atoms with Gasteiger partial charge in [0.05, 0.1) is 13.2 Å². The lowest BCUT2D eigenvalue weighted by atomic mass is 10.2. The second-order valence-corrected chi connectivity index (χ2v) is 6.21. The fourth-order valence-electron chi connectivity index (χ4n) is 2.16. The second kappa shape index (κ2) is 28.6. The Balaban J connectivity index is -0.000000333. The van der Waals surface area contributed by atoms with Gasteiger partial charge in [0.25, 0.3) is 0 Å². The highest BCUT2D eigenvalue weighted by atomic mass is 16.5. The zero-order valence-electron chi connectivity index (χ0n) is 17.8. The summed E-state index contributed by atoms with van der Waals surface area (Å²) in [4.78, 5) is 2.64. The fourth-order valence-corrected chi connectivity index (χ4v) is 2.16. The third kappa shape index (κ3) is 28.9. The first kappa shape index (κ1) is 29.6. The van der Waals surface area contributed by atoms with E-state index < -0.39 is 0 Å². The predicted molar refractivity (Wildman–Crippen MR) is 109 cm³/mol. The third-order valence-electron chi connectivity index (χ3n) is 3.80. The number of methoxy groups -OCH3 is 2. The van der Waals surface area contributed by atoms with E-state index in [9.17, 15) is 0 Å². The summed E-state index contributed by atoms with van der Waals surface area (Å²) in [6.45, 7) is 14.2. The maximum absolute atomic E-state index is 4.94. The van der Waals surface area contributed by atoms with E-state index in [1.54, 1.807) is 14.2 Å². The first-order chi connectivity index (χ1) is 11.8. The molecule has 0 aromatic heterocycles. The van der Waals surface area contributed by atoms with E-state index in [0.717, 1.165) is 13.2 Å². The van der Waals surface area contributed by atoms with Crippen LogP contribution in [0.25, 0.3) is 0 Å². The van der Waals surface area contributed by atoms with Crippen molar-refractivity contribution in [2.75, 3.05) is 60.3 Å². The minimum Gasteiger partial charge on any atom is -0.412 e. The average Bonchev–Trinajstić information content (AvgIpc) is 3.20. The van der Waals surface area contributed by atoms with Crippen LogP contribution in [0.5, 0.6) is 0 Å². The van der Waals surface area contributed by atoms with Crippen molar-refractivity contribution < 1.29 is 19.7 Å². The minimum atomic E-state index is 0. The molecule has 1 aliphatic rings. The molecule has 1 rings (SSSR count). The third-order valence-corrected chi connectivity index (χ3v) is 3.80. The average molecular weight is 366 g/mol. The van der Waals surface area contributed by atoms with E-state index in [4.69, 9.17) is 4.74 Å². The molecule has 0 bridgehead atoms. The molecule has 0 saturated carbocycles. The molecule has 5 heteroatoms. The second-order valence-electron chi connectivity index (χ2n) is 6.21. The van der Waals surface area contributed by atoms with Gasteiger partial charge in [-0.15, -0.1) is 0 Å². The summed E-state index contributed by atoms with van der Waals surface area (Å²) in [7, 11) is 3.30. The first-order valence-corrected chi connectivity index (χ1v) is 10.0. The summed E-state index contributed by atoms with van der Waals surface area (Å²) in [5.41, 5.74) is 0. The van der Waals surface area contributed by atoms with Crippen LogP contribution in [0.4, 0.5) is 0 Å². The fraction of sp³-hybridized carbons (Fsp3) is 1.00. The van der Waals surface area contributed by atoms with E-state index in [1.807, 2.05) is 0 Å². The van der Waals surface area contributed by atoms with Crippen LogP contribution in [0.2, 0.25) is 0 Å². The maximum Gasteiger partial charge on any atom is 0.0696 e. The summed E-state index contributed by atoms with van der Waals surface area (Å²) in [6.07, 6.45) is 10.6. The number of hydrogen-bond donors (Lipinski definition) is 0. The molecule has 0 radical (unpaired) electrons. The van der Waals surface area contributed by atoms with Gasteiger partial charge in [0.1, 0.15) is 0 Å². The molecule has 0 spiro atoms. The molecule has 1 aliphatic heterocycles. The summed E-state index contributed by atoms with van der Waals surface area (Å²) >= 11 is 0. The van der Waals surface area contributed by atoms with Gasteiger partial charge >= 0.3 is 0 Å². The highest BCUT2D eigenvalue weighted by molar-refractivity contribution is 4.57. The van der Waals surface area contributed by atoms with Gasteiger partial charge in [-0.2, -0.15) is 0 Å². The summed E-state index contributed by atoms with van der Waals surface area (Å²) in [5, 5.41) is 0. The Morgan fingerprint density at radius 2 is 1.08 bits per heavy atom. The Morgan fingerprint density at radius 3 is 1.28 bits per heavy atom. The molecular formula is C20H47NO4. The topological polar surface area (TPSA) is 62.4 Å². The standard InChI is InChI=1S/C12H27N.C4H10O2.C4H8O.H2O/c1-4-7-10-13(11-8-5-2)12-9-6-3;1-5-3-4-6-2;1-2-4-5-3-1;/h4-12H2,1-3H3;3-4H2,1-2H3;1-4H2;1H2. The Kier molecular flexibility index (Phi) is 33.8. The van der Waals surface area contributed by atoms with Gasteiger partial charge in [-0.25, -0.2) is 0 Å². The normalized spacial score (nSPS) is 12.7. The van der Waals surface area contributed by atoms with Crippen molar-refractivity contribution in [3.05, 3.63) is 0 Å². The zero-order chi connectivity index (χ0) is 18.3. The number of rotatable bonds is 12. The maximum atomic E-state index is 4.94. The van der Waals surface area contributed by atoms with E-state index >= 15 is 0 Å². The van der Waals surface area contributed by atoms with Crippen molar-refractivity contribution >= 4 is 0 Å². The Labute approximate surface area is 157 Å². The van der Waals surface area contributed by atoms with Crippen LogP contribution in [0.1, 0.15) is 72.1 Å². The van der Waals surface area contributed by atoms with E-state index in [-0.39, 0.29) is 5.48 Å². The molecule has 0 aromatic carbocycles. The Bertz CT molecular complexity index is 172. The molecule has 0 unspecified atom stereocenters. The molecule has 25 heavy (non-hydrogen) atoms. The van der Waals surface area contributed by atoms with Crippen molar-refractivity contribution in [2.24, 2.45) is 0 Å². The molecule has 2 N–H and O–H groups in total. The highest BCUT2D eigenvalue weighted by Crippen LogP contribution is 2.01. The molecule has 0 aromatic rings. The van der Waals surface area contributed by atoms with Crippen molar-refractivity contribution in [3.63, 3.8) is 0 Å². The van der Waals surface area contributed by atoms with Crippen LogP contribution in [-0.2, 0) is 14.2 Å². The first-order valence-electron chi connectivity index (χ1n) is 10.0. The number of nitrogens with zero attached hydrogens (tertiary/aromatic N) is 1. The van der Waals surface area contributed by atoms with Crippen molar-refractivity contribution in [2.45, 2.75) is 72.1 Å². The Hall–Kier alpha value is -0.200. The summed E-state index contributed by atoms with van der Waals surface area (Å²) < 4.78 is 14.3. The molecule has 1 heterocycles. The van der Waals surface area contributed by atoms with Gasteiger partial charge in [-0.3, -0.25) is 0 Å². The lowest BCUT2D eigenvalue weighted by Gasteiger charge is -2.21. The number of ether oxygens (including phenoxy) is 3. The van der Waals surface area contributed by atoms with Crippen LogP contribution in [0, 0.1) is 0 Å². The molecule has 5 nitrogen and oxygen atoms in total. The van der Waals surface area contributed by atoms with Gasteiger partial charge in [-0.05, 0) is 51.7 Å². The zero-order valence-corrected chi connectivity index (χ0v) is 17.8. The molecule has 156 valence electrons. The number of hydrogen-bond acceptors (Lipinski definition) is 4. The molecule has 0 atom stereocenters. The lowest BCUT2D eigenvalue weighted by molar-refractivity contribution is 0.103. The Morgan fingerprint density at radius 1 is 0.720 bits per heavy atom. The lowest BCUT2D eigenvalue weighted by Crippen LogP contribution is -2.27. The van der Waals surface area contributed by atoms with Crippen LogP contribution >= 0.6 is 0 Å². The van der Waals surface area contributed by atoms with E-state index in [1.165, 1.54) is 71.0 Å². The van der Waals surface area contributed by atoms with Crippen LogP contribution in [0.3, 0.4) is 0 Å². The molecule has 1 fully saturated rings. The quantitative estimate of drug-likeness (QED) is 0.491. The van der Waals surface area contributed by atoms with Crippen LogP contribution < -0.4 is 0 Å². The molecule has 0 amide bonds. The van der Waals surface area contributed by atoms with Crippen LogP contribution in [0.15, 0.2) is 0 Å². The van der Waals surface area contributed by atoms with Gasteiger partial charge in [0, 0.05) is 27.4 Å². The monoisotopic (exact) mass is 365 g/mol. The van der Waals surface area contributed by atoms with Crippen LogP contribution in [-0.4, -0.2) is 70.7 Å². The van der Waals surface area contributed by atoms with E-state index in [0.29, 0.717) is 13.2 Å². The van der Waals surface area contributed by atoms with Gasteiger partial charge < -0.3 is 24.6 Å².